The predicted molar refractivity (Wildman–Crippen MR) is 141 cm³/mol. The standard InChI is InChI=1S/C32H37FO/c1-3-5-6-21-34-23-31-20-19-30(22-32(31)33)29-17-15-28(16-18-29)27-13-11-26(12-14-27)25-9-7-24(4-2)8-10-25/h4,11-20,22,24-25H,2-3,5-10,21,23H2,1H3. The van der Waals surface area contributed by atoms with E-state index in [1.165, 1.54) is 42.4 Å². The SMILES string of the molecule is C=CC1CCC(c2ccc(-c3ccc(-c4ccc(COCCCCC)c(F)c4)cc3)cc2)CC1. The minimum atomic E-state index is -0.199. The highest BCUT2D eigenvalue weighted by Gasteiger charge is 2.20. The molecule has 0 N–H and O–H groups in total. The molecule has 0 heterocycles. The highest BCUT2D eigenvalue weighted by Crippen LogP contribution is 2.37. The molecular formula is C32H37FO. The zero-order valence-electron chi connectivity index (χ0n) is 20.4. The van der Waals surface area contributed by atoms with Crippen molar-refractivity contribution in [2.75, 3.05) is 6.61 Å². The molecule has 0 atom stereocenters. The first kappa shape index (κ1) is 24.4. The molecule has 0 radical (unpaired) electrons. The van der Waals surface area contributed by atoms with Crippen LogP contribution in [0, 0.1) is 11.7 Å². The Kier molecular flexibility index (Phi) is 8.71. The highest BCUT2D eigenvalue weighted by molar-refractivity contribution is 5.70. The minimum Gasteiger partial charge on any atom is -0.377 e. The van der Waals surface area contributed by atoms with E-state index in [9.17, 15) is 4.39 Å². The number of hydrogen-bond donors (Lipinski definition) is 0. The Hall–Kier alpha value is -2.71. The first-order chi connectivity index (χ1) is 16.7. The quantitative estimate of drug-likeness (QED) is 0.218. The van der Waals surface area contributed by atoms with Crippen LogP contribution in [-0.2, 0) is 11.3 Å². The molecule has 0 aliphatic heterocycles. The Morgan fingerprint density at radius 2 is 1.41 bits per heavy atom. The van der Waals surface area contributed by atoms with Gasteiger partial charge in [0.2, 0.25) is 0 Å². The van der Waals surface area contributed by atoms with Gasteiger partial charge in [-0.2, -0.15) is 0 Å². The maximum Gasteiger partial charge on any atom is 0.129 e. The Morgan fingerprint density at radius 1 is 0.824 bits per heavy atom. The van der Waals surface area contributed by atoms with Crippen LogP contribution in [0.25, 0.3) is 22.3 Å². The van der Waals surface area contributed by atoms with E-state index in [1.807, 2.05) is 12.1 Å². The summed E-state index contributed by atoms with van der Waals surface area (Å²) >= 11 is 0. The largest absolute Gasteiger partial charge is 0.377 e. The van der Waals surface area contributed by atoms with Gasteiger partial charge in [0.05, 0.1) is 6.61 Å². The van der Waals surface area contributed by atoms with Crippen molar-refractivity contribution in [3.63, 3.8) is 0 Å². The molecule has 2 heteroatoms. The first-order valence-electron chi connectivity index (χ1n) is 12.9. The van der Waals surface area contributed by atoms with Crippen molar-refractivity contribution in [2.24, 2.45) is 5.92 Å². The monoisotopic (exact) mass is 456 g/mol. The topological polar surface area (TPSA) is 9.23 Å². The van der Waals surface area contributed by atoms with Gasteiger partial charge in [0, 0.05) is 12.2 Å². The molecule has 4 rings (SSSR count). The predicted octanol–water partition coefficient (Wildman–Crippen LogP) is 9.33. The molecule has 1 aliphatic rings. The van der Waals surface area contributed by atoms with Gasteiger partial charge in [0.1, 0.15) is 5.82 Å². The molecule has 0 bridgehead atoms. The molecule has 3 aromatic carbocycles. The Morgan fingerprint density at radius 3 is 2.00 bits per heavy atom. The summed E-state index contributed by atoms with van der Waals surface area (Å²) < 4.78 is 20.2. The Balaban J connectivity index is 1.37. The highest BCUT2D eigenvalue weighted by atomic mass is 19.1. The minimum absolute atomic E-state index is 0.199. The van der Waals surface area contributed by atoms with Crippen LogP contribution in [0.15, 0.2) is 79.4 Å². The number of allylic oxidation sites excluding steroid dienone is 1. The maximum absolute atomic E-state index is 14.6. The smallest absolute Gasteiger partial charge is 0.129 e. The Labute approximate surface area is 204 Å². The Bertz CT molecular complexity index is 1040. The number of unbranched alkanes of at least 4 members (excludes halogenated alkanes) is 2. The van der Waals surface area contributed by atoms with E-state index >= 15 is 0 Å². The lowest BCUT2D eigenvalue weighted by molar-refractivity contribution is 0.115. The van der Waals surface area contributed by atoms with Crippen LogP contribution in [0.4, 0.5) is 4.39 Å². The van der Waals surface area contributed by atoms with Crippen LogP contribution in [-0.4, -0.2) is 6.61 Å². The van der Waals surface area contributed by atoms with Crippen molar-refractivity contribution in [1.29, 1.82) is 0 Å². The van der Waals surface area contributed by atoms with Crippen molar-refractivity contribution in [1.82, 2.24) is 0 Å². The average molecular weight is 457 g/mol. The average Bonchev–Trinajstić information content (AvgIpc) is 2.89. The number of hydrogen-bond acceptors (Lipinski definition) is 1. The lowest BCUT2D eigenvalue weighted by atomic mass is 9.78. The molecule has 0 aromatic heterocycles. The molecule has 1 saturated carbocycles. The van der Waals surface area contributed by atoms with E-state index in [0.29, 0.717) is 30.6 Å². The van der Waals surface area contributed by atoms with E-state index < -0.39 is 0 Å². The van der Waals surface area contributed by atoms with Gasteiger partial charge in [-0.3, -0.25) is 0 Å². The van der Waals surface area contributed by atoms with Crippen LogP contribution in [0.1, 0.15) is 68.9 Å². The summed E-state index contributed by atoms with van der Waals surface area (Å²) in [5.74, 6) is 1.17. The second-order valence-corrected chi connectivity index (χ2v) is 9.61. The number of halogens is 1. The summed E-state index contributed by atoms with van der Waals surface area (Å²) in [5.41, 5.74) is 6.39. The number of benzene rings is 3. The normalized spacial score (nSPS) is 18.1. The van der Waals surface area contributed by atoms with E-state index in [4.69, 9.17) is 4.74 Å². The summed E-state index contributed by atoms with van der Waals surface area (Å²) in [6.07, 6.45) is 10.5. The van der Waals surface area contributed by atoms with Gasteiger partial charge in [0.25, 0.3) is 0 Å². The van der Waals surface area contributed by atoms with Crippen LogP contribution in [0.5, 0.6) is 0 Å². The third-order valence-corrected chi connectivity index (χ3v) is 7.24. The molecule has 1 nitrogen and oxygen atoms in total. The molecule has 0 saturated heterocycles. The van der Waals surface area contributed by atoms with Gasteiger partial charge in [-0.15, -0.1) is 6.58 Å². The van der Waals surface area contributed by atoms with Crippen molar-refractivity contribution in [2.45, 2.75) is 64.4 Å². The number of ether oxygens (including phenoxy) is 1. The molecule has 34 heavy (non-hydrogen) atoms. The summed E-state index contributed by atoms with van der Waals surface area (Å²) in [7, 11) is 0. The lowest BCUT2D eigenvalue weighted by Gasteiger charge is -2.27. The van der Waals surface area contributed by atoms with Crippen LogP contribution < -0.4 is 0 Å². The van der Waals surface area contributed by atoms with E-state index in [1.54, 1.807) is 6.07 Å². The van der Waals surface area contributed by atoms with Crippen molar-refractivity contribution in [3.8, 4) is 22.3 Å². The second kappa shape index (κ2) is 12.1. The van der Waals surface area contributed by atoms with E-state index in [2.05, 4.69) is 68.1 Å². The summed E-state index contributed by atoms with van der Waals surface area (Å²) in [4.78, 5) is 0. The maximum atomic E-state index is 14.6. The van der Waals surface area contributed by atoms with Crippen LogP contribution in [0.2, 0.25) is 0 Å². The fourth-order valence-electron chi connectivity index (χ4n) is 4.97. The summed E-state index contributed by atoms with van der Waals surface area (Å²) in [6.45, 7) is 7.14. The summed E-state index contributed by atoms with van der Waals surface area (Å²) in [5, 5.41) is 0. The zero-order chi connectivity index (χ0) is 23.8. The van der Waals surface area contributed by atoms with Crippen molar-refractivity contribution in [3.05, 3.63) is 96.3 Å². The van der Waals surface area contributed by atoms with Gasteiger partial charge >= 0.3 is 0 Å². The molecular weight excluding hydrogens is 419 g/mol. The third-order valence-electron chi connectivity index (χ3n) is 7.24. The molecule has 178 valence electrons. The molecule has 0 amide bonds. The van der Waals surface area contributed by atoms with Gasteiger partial charge < -0.3 is 4.74 Å². The lowest BCUT2D eigenvalue weighted by Crippen LogP contribution is -2.11. The first-order valence-corrected chi connectivity index (χ1v) is 12.9. The van der Waals surface area contributed by atoms with Gasteiger partial charge in [-0.05, 0) is 77.8 Å². The van der Waals surface area contributed by atoms with Gasteiger partial charge in [0.15, 0.2) is 0 Å². The van der Waals surface area contributed by atoms with Crippen LogP contribution in [0.3, 0.4) is 0 Å². The molecule has 3 aromatic rings. The van der Waals surface area contributed by atoms with Gasteiger partial charge in [-0.1, -0.05) is 86.5 Å². The number of rotatable bonds is 10. The summed E-state index contributed by atoms with van der Waals surface area (Å²) in [6, 6.07) is 22.9. The van der Waals surface area contributed by atoms with Crippen LogP contribution >= 0.6 is 0 Å². The van der Waals surface area contributed by atoms with Crippen molar-refractivity contribution < 1.29 is 9.13 Å². The fourth-order valence-corrected chi connectivity index (χ4v) is 4.97. The van der Waals surface area contributed by atoms with E-state index in [0.717, 1.165) is 30.4 Å². The molecule has 1 fully saturated rings. The fraction of sp³-hybridized carbons (Fsp3) is 0.375. The molecule has 0 spiro atoms. The second-order valence-electron chi connectivity index (χ2n) is 9.61. The third kappa shape index (κ3) is 6.24. The zero-order valence-corrected chi connectivity index (χ0v) is 20.4. The van der Waals surface area contributed by atoms with E-state index in [-0.39, 0.29) is 5.82 Å². The van der Waals surface area contributed by atoms with Gasteiger partial charge in [-0.25, -0.2) is 4.39 Å². The molecule has 1 aliphatic carbocycles. The molecule has 0 unspecified atom stereocenters. The van der Waals surface area contributed by atoms with Crippen molar-refractivity contribution >= 4 is 0 Å².